The van der Waals surface area contributed by atoms with E-state index < -0.39 is 9.84 Å². The van der Waals surface area contributed by atoms with Crippen LogP contribution in [0, 0.1) is 5.92 Å². The fraction of sp³-hybridized carbons (Fsp3) is 0.538. The van der Waals surface area contributed by atoms with Crippen molar-refractivity contribution in [1.29, 1.82) is 0 Å². The second-order valence-corrected chi connectivity index (χ2v) is 7.25. The van der Waals surface area contributed by atoms with E-state index in [0.717, 1.165) is 37.8 Å². The average molecular weight is 284 g/mol. The van der Waals surface area contributed by atoms with Crippen LogP contribution in [-0.4, -0.2) is 32.4 Å². The normalized spacial score (nSPS) is 23.5. The first-order valence-electron chi connectivity index (χ1n) is 6.38. The molecule has 19 heavy (non-hydrogen) atoms. The molecular weight excluding hydrogens is 264 g/mol. The molecule has 1 fully saturated rings. The Balaban J connectivity index is 2.02. The molecule has 0 spiro atoms. The van der Waals surface area contributed by atoms with Crippen LogP contribution in [0.2, 0.25) is 0 Å². The third kappa shape index (κ3) is 3.61. The number of hydrogen-bond donors (Lipinski definition) is 3. The molecular formula is C13H20N2O3S. The number of nitrogens with two attached hydrogens (primary N) is 1. The number of aliphatic hydroxyl groups is 1. The maximum atomic E-state index is 11.4. The van der Waals surface area contributed by atoms with E-state index in [4.69, 9.17) is 5.73 Å². The standard InChI is InChI=1S/C13H20N2O3S/c1-19(17,18)11-4-5-13(12(14)7-11)15-8-9-2-3-10(16)6-9/h4-5,7,9-10,15-16H,2-3,6,8,14H2,1H3. The highest BCUT2D eigenvalue weighted by Gasteiger charge is 2.22. The van der Waals surface area contributed by atoms with Gasteiger partial charge in [-0.2, -0.15) is 0 Å². The SMILES string of the molecule is CS(=O)(=O)c1ccc(NCC2CCC(O)C2)c(N)c1. The van der Waals surface area contributed by atoms with Crippen LogP contribution in [0.3, 0.4) is 0 Å². The van der Waals surface area contributed by atoms with Crippen LogP contribution in [0.15, 0.2) is 23.1 Å². The predicted molar refractivity (Wildman–Crippen MR) is 75.8 cm³/mol. The summed E-state index contributed by atoms with van der Waals surface area (Å²) in [5, 5.41) is 12.7. The van der Waals surface area contributed by atoms with Gasteiger partial charge < -0.3 is 16.2 Å². The lowest BCUT2D eigenvalue weighted by Crippen LogP contribution is -2.13. The van der Waals surface area contributed by atoms with E-state index in [9.17, 15) is 13.5 Å². The van der Waals surface area contributed by atoms with Gasteiger partial charge in [0, 0.05) is 12.8 Å². The Kier molecular flexibility index (Phi) is 4.01. The smallest absolute Gasteiger partial charge is 0.175 e. The number of aliphatic hydroxyl groups excluding tert-OH is 1. The molecule has 1 aliphatic rings. The topological polar surface area (TPSA) is 92.4 Å². The molecule has 0 bridgehead atoms. The number of sulfone groups is 1. The van der Waals surface area contributed by atoms with Crippen LogP contribution in [0.5, 0.6) is 0 Å². The van der Waals surface area contributed by atoms with Crippen molar-refractivity contribution < 1.29 is 13.5 Å². The first kappa shape index (κ1) is 14.1. The van der Waals surface area contributed by atoms with Crippen LogP contribution < -0.4 is 11.1 Å². The van der Waals surface area contributed by atoms with Gasteiger partial charge in [0.15, 0.2) is 9.84 Å². The van der Waals surface area contributed by atoms with E-state index in [0.29, 0.717) is 11.6 Å². The maximum absolute atomic E-state index is 11.4. The van der Waals surface area contributed by atoms with Crippen molar-refractivity contribution in [3.8, 4) is 0 Å². The molecule has 0 saturated heterocycles. The first-order chi connectivity index (χ1) is 8.86. The third-order valence-electron chi connectivity index (χ3n) is 3.55. The van der Waals surface area contributed by atoms with Gasteiger partial charge in [-0.25, -0.2) is 8.42 Å². The first-order valence-corrected chi connectivity index (χ1v) is 8.27. The minimum Gasteiger partial charge on any atom is -0.397 e. The maximum Gasteiger partial charge on any atom is 0.175 e. The van der Waals surface area contributed by atoms with Gasteiger partial charge in [-0.15, -0.1) is 0 Å². The van der Waals surface area contributed by atoms with Crippen LogP contribution in [-0.2, 0) is 9.84 Å². The molecule has 0 aliphatic heterocycles. The number of anilines is 2. The number of rotatable bonds is 4. The second kappa shape index (κ2) is 5.38. The van der Waals surface area contributed by atoms with Gasteiger partial charge in [0.2, 0.25) is 0 Å². The predicted octanol–water partition coefficient (Wildman–Crippen LogP) is 1.25. The van der Waals surface area contributed by atoms with Crippen molar-refractivity contribution in [3.63, 3.8) is 0 Å². The summed E-state index contributed by atoms with van der Waals surface area (Å²) in [6.07, 6.45) is 3.66. The van der Waals surface area contributed by atoms with Gasteiger partial charge in [0.25, 0.3) is 0 Å². The largest absolute Gasteiger partial charge is 0.397 e. The van der Waals surface area contributed by atoms with Crippen molar-refractivity contribution in [2.75, 3.05) is 23.9 Å². The molecule has 2 unspecified atom stereocenters. The lowest BCUT2D eigenvalue weighted by molar-refractivity contribution is 0.178. The molecule has 1 aromatic rings. The lowest BCUT2D eigenvalue weighted by Gasteiger charge is -2.14. The Morgan fingerprint density at radius 1 is 1.42 bits per heavy atom. The fourth-order valence-electron chi connectivity index (χ4n) is 2.42. The summed E-state index contributed by atoms with van der Waals surface area (Å²) in [6.45, 7) is 0.749. The van der Waals surface area contributed by atoms with Crippen molar-refractivity contribution >= 4 is 21.2 Å². The van der Waals surface area contributed by atoms with Gasteiger partial charge in [-0.05, 0) is 43.4 Å². The molecule has 0 aromatic heterocycles. The van der Waals surface area contributed by atoms with Crippen LogP contribution >= 0.6 is 0 Å². The monoisotopic (exact) mass is 284 g/mol. The zero-order chi connectivity index (χ0) is 14.0. The summed E-state index contributed by atoms with van der Waals surface area (Å²) < 4.78 is 22.8. The number of hydrogen-bond acceptors (Lipinski definition) is 5. The number of benzene rings is 1. The Labute approximate surface area is 113 Å². The molecule has 6 heteroatoms. The minimum absolute atomic E-state index is 0.184. The summed E-state index contributed by atoms with van der Waals surface area (Å²) in [6, 6.07) is 4.72. The highest BCUT2D eigenvalue weighted by Crippen LogP contribution is 2.27. The quantitative estimate of drug-likeness (QED) is 0.724. The van der Waals surface area contributed by atoms with Gasteiger partial charge in [0.05, 0.1) is 22.4 Å². The van der Waals surface area contributed by atoms with Crippen molar-refractivity contribution in [2.24, 2.45) is 5.92 Å². The van der Waals surface area contributed by atoms with E-state index in [1.807, 2.05) is 0 Å². The molecule has 0 radical (unpaired) electrons. The van der Waals surface area contributed by atoms with Gasteiger partial charge in [0.1, 0.15) is 0 Å². The highest BCUT2D eigenvalue weighted by molar-refractivity contribution is 7.90. The highest BCUT2D eigenvalue weighted by atomic mass is 32.2. The molecule has 1 saturated carbocycles. The fourth-order valence-corrected chi connectivity index (χ4v) is 3.08. The molecule has 106 valence electrons. The van der Waals surface area contributed by atoms with E-state index in [-0.39, 0.29) is 11.0 Å². The van der Waals surface area contributed by atoms with Gasteiger partial charge >= 0.3 is 0 Å². The Morgan fingerprint density at radius 3 is 2.68 bits per heavy atom. The lowest BCUT2D eigenvalue weighted by atomic mass is 10.1. The summed E-state index contributed by atoms with van der Waals surface area (Å²) in [5.41, 5.74) is 7.03. The number of nitrogen functional groups attached to an aromatic ring is 1. The molecule has 5 nitrogen and oxygen atoms in total. The second-order valence-electron chi connectivity index (χ2n) is 5.24. The van der Waals surface area contributed by atoms with Crippen molar-refractivity contribution in [1.82, 2.24) is 0 Å². The van der Waals surface area contributed by atoms with Crippen molar-refractivity contribution in [2.45, 2.75) is 30.3 Å². The minimum atomic E-state index is -3.22. The molecule has 1 aromatic carbocycles. The van der Waals surface area contributed by atoms with Crippen LogP contribution in [0.4, 0.5) is 11.4 Å². The number of nitrogens with one attached hydrogen (secondary N) is 1. The van der Waals surface area contributed by atoms with E-state index in [1.165, 1.54) is 6.07 Å². The van der Waals surface area contributed by atoms with Gasteiger partial charge in [-0.1, -0.05) is 0 Å². The molecule has 2 atom stereocenters. The Bertz CT molecular complexity index is 557. The van der Waals surface area contributed by atoms with E-state index in [1.54, 1.807) is 12.1 Å². The third-order valence-corrected chi connectivity index (χ3v) is 4.66. The molecule has 0 heterocycles. The molecule has 4 N–H and O–H groups in total. The Hall–Kier alpha value is -1.27. The van der Waals surface area contributed by atoms with Gasteiger partial charge in [-0.3, -0.25) is 0 Å². The van der Waals surface area contributed by atoms with Crippen LogP contribution in [0.25, 0.3) is 0 Å². The summed E-state index contributed by atoms with van der Waals surface area (Å²) in [4.78, 5) is 0.229. The summed E-state index contributed by atoms with van der Waals surface area (Å²) in [5.74, 6) is 0.448. The molecule has 1 aliphatic carbocycles. The van der Waals surface area contributed by atoms with Crippen molar-refractivity contribution in [3.05, 3.63) is 18.2 Å². The Morgan fingerprint density at radius 2 is 2.16 bits per heavy atom. The van der Waals surface area contributed by atoms with E-state index >= 15 is 0 Å². The van der Waals surface area contributed by atoms with Crippen LogP contribution in [0.1, 0.15) is 19.3 Å². The zero-order valence-corrected chi connectivity index (χ0v) is 11.8. The molecule has 0 amide bonds. The summed E-state index contributed by atoms with van der Waals surface area (Å²) >= 11 is 0. The average Bonchev–Trinajstić information content (AvgIpc) is 2.72. The zero-order valence-electron chi connectivity index (χ0n) is 11.0. The molecule has 2 rings (SSSR count). The van der Waals surface area contributed by atoms with E-state index in [2.05, 4.69) is 5.32 Å². The summed E-state index contributed by atoms with van der Waals surface area (Å²) in [7, 11) is -3.22.